The number of ether oxygens (including phenoxy) is 4. The first kappa shape index (κ1) is 99.1. The Hall–Kier alpha value is -1.94. The monoisotopic (exact) mass is 1480 g/mol. The van der Waals surface area contributed by atoms with Gasteiger partial charge in [-0.2, -0.15) is 0 Å². The number of aliphatic hydroxyl groups is 1. The molecule has 0 aliphatic heterocycles. The molecule has 0 saturated carbocycles. The number of hydrogen-bond acceptors (Lipinski definition) is 15. The normalized spacial score (nSPS) is 14.2. The Kier molecular flexibility index (Phi) is 72.2. The van der Waals surface area contributed by atoms with Gasteiger partial charge in [-0.25, -0.2) is 9.13 Å². The molecule has 0 spiro atoms. The molecule has 0 aromatic heterocycles. The first-order valence-electron chi connectivity index (χ1n) is 42.5. The van der Waals surface area contributed by atoms with E-state index in [0.717, 1.165) is 102 Å². The quantitative estimate of drug-likeness (QED) is 0.0222. The van der Waals surface area contributed by atoms with Crippen molar-refractivity contribution in [2.24, 2.45) is 11.8 Å². The largest absolute Gasteiger partial charge is 0.472 e. The SMILES string of the molecule is CCCCCCCCCCCCCCCCCCCCCCCC(=O)O[C@H](COC(=O)CCCCCCCCCCCCCCCC(C)C)COP(=O)(O)OC[C@@H](O)COP(=O)(O)OC[C@@H](COC(=O)CCCCCCCCCCCCCC)OC(=O)CCCCCCCCCCC(C)CC. The molecule has 3 N–H and O–H groups in total. The molecule has 0 aromatic rings. The van der Waals surface area contributed by atoms with Crippen molar-refractivity contribution in [2.75, 3.05) is 39.6 Å². The molecule has 6 atom stereocenters. The van der Waals surface area contributed by atoms with E-state index in [0.29, 0.717) is 25.7 Å². The molecule has 0 heterocycles. The minimum atomic E-state index is -4.96. The summed E-state index contributed by atoms with van der Waals surface area (Å²) >= 11 is 0. The molecule has 0 amide bonds. The third-order valence-corrected chi connectivity index (χ3v) is 21.5. The van der Waals surface area contributed by atoms with Crippen molar-refractivity contribution >= 4 is 39.5 Å². The lowest BCUT2D eigenvalue weighted by Crippen LogP contribution is -2.30. The number of esters is 4. The zero-order valence-electron chi connectivity index (χ0n) is 66.2. The first-order valence-corrected chi connectivity index (χ1v) is 45.5. The van der Waals surface area contributed by atoms with E-state index in [1.807, 2.05) is 0 Å². The van der Waals surface area contributed by atoms with E-state index in [2.05, 4.69) is 41.5 Å². The summed E-state index contributed by atoms with van der Waals surface area (Å²) in [5, 5.41) is 10.6. The summed E-state index contributed by atoms with van der Waals surface area (Å²) in [5.41, 5.74) is 0. The van der Waals surface area contributed by atoms with Crippen molar-refractivity contribution in [3.8, 4) is 0 Å². The molecule has 0 saturated heterocycles. The zero-order chi connectivity index (χ0) is 74.2. The molecule has 101 heavy (non-hydrogen) atoms. The van der Waals surface area contributed by atoms with Gasteiger partial charge in [0.05, 0.1) is 26.4 Å². The maximum atomic E-state index is 13.1. The van der Waals surface area contributed by atoms with Gasteiger partial charge in [0.2, 0.25) is 0 Å². The van der Waals surface area contributed by atoms with Crippen LogP contribution in [-0.4, -0.2) is 96.7 Å². The summed E-state index contributed by atoms with van der Waals surface area (Å²) in [5.74, 6) is -0.548. The fraction of sp³-hybridized carbons (Fsp3) is 0.951. The summed E-state index contributed by atoms with van der Waals surface area (Å²) in [4.78, 5) is 73.1. The zero-order valence-corrected chi connectivity index (χ0v) is 68.0. The van der Waals surface area contributed by atoms with E-state index < -0.39 is 97.5 Å². The van der Waals surface area contributed by atoms with Crippen LogP contribution in [0.2, 0.25) is 0 Å². The molecule has 0 radical (unpaired) electrons. The van der Waals surface area contributed by atoms with Crippen molar-refractivity contribution < 1.29 is 80.2 Å². The Morgan fingerprint density at radius 1 is 0.287 bits per heavy atom. The Labute approximate surface area is 619 Å². The molecular weight excluding hydrogens is 1320 g/mol. The number of hydrogen-bond donors (Lipinski definition) is 3. The van der Waals surface area contributed by atoms with Crippen LogP contribution in [0.25, 0.3) is 0 Å². The molecule has 0 bridgehead atoms. The molecular formula is C82H160O17P2. The maximum absolute atomic E-state index is 13.1. The second-order valence-electron chi connectivity index (χ2n) is 30.2. The Morgan fingerprint density at radius 3 is 0.752 bits per heavy atom. The highest BCUT2D eigenvalue weighted by atomic mass is 31.2. The predicted molar refractivity (Wildman–Crippen MR) is 414 cm³/mol. The number of unbranched alkanes of at least 4 members (excludes halogenated alkanes) is 50. The molecule has 3 unspecified atom stereocenters. The smallest absolute Gasteiger partial charge is 0.462 e. The van der Waals surface area contributed by atoms with Crippen LogP contribution in [0, 0.1) is 11.8 Å². The van der Waals surface area contributed by atoms with Gasteiger partial charge >= 0.3 is 39.5 Å². The van der Waals surface area contributed by atoms with Gasteiger partial charge in [-0.15, -0.1) is 0 Å². The minimum absolute atomic E-state index is 0.106. The van der Waals surface area contributed by atoms with Crippen LogP contribution in [0.1, 0.15) is 433 Å². The van der Waals surface area contributed by atoms with Gasteiger partial charge in [0.1, 0.15) is 19.3 Å². The number of phosphoric acid groups is 2. The minimum Gasteiger partial charge on any atom is -0.462 e. The summed E-state index contributed by atoms with van der Waals surface area (Å²) in [6.07, 6.45) is 63.8. The van der Waals surface area contributed by atoms with Gasteiger partial charge in [0.15, 0.2) is 12.2 Å². The summed E-state index contributed by atoms with van der Waals surface area (Å²) in [6, 6.07) is 0. The van der Waals surface area contributed by atoms with Gasteiger partial charge in [-0.05, 0) is 37.5 Å². The molecule has 0 aliphatic rings. The maximum Gasteiger partial charge on any atom is 0.472 e. The topological polar surface area (TPSA) is 237 Å². The number of carbonyl (C=O) groups excluding carboxylic acids is 4. The van der Waals surface area contributed by atoms with Crippen molar-refractivity contribution in [1.82, 2.24) is 0 Å². The average Bonchev–Trinajstić information content (AvgIpc) is 0.977. The highest BCUT2D eigenvalue weighted by molar-refractivity contribution is 7.47. The van der Waals surface area contributed by atoms with E-state index in [1.54, 1.807) is 0 Å². The van der Waals surface area contributed by atoms with Crippen molar-refractivity contribution in [1.29, 1.82) is 0 Å². The van der Waals surface area contributed by atoms with E-state index in [-0.39, 0.29) is 25.7 Å². The Morgan fingerprint density at radius 2 is 0.505 bits per heavy atom. The second kappa shape index (κ2) is 73.6. The fourth-order valence-electron chi connectivity index (χ4n) is 12.7. The highest BCUT2D eigenvalue weighted by Gasteiger charge is 2.30. The average molecular weight is 1480 g/mol. The molecule has 0 aromatic carbocycles. The lowest BCUT2D eigenvalue weighted by molar-refractivity contribution is -0.161. The fourth-order valence-corrected chi connectivity index (χ4v) is 14.3. The Bertz CT molecular complexity index is 1940. The summed E-state index contributed by atoms with van der Waals surface area (Å²) in [7, 11) is -9.92. The summed E-state index contributed by atoms with van der Waals surface area (Å²) < 4.78 is 68.8. The Balaban J connectivity index is 5.23. The van der Waals surface area contributed by atoms with Crippen LogP contribution in [0.4, 0.5) is 0 Å². The molecule has 600 valence electrons. The van der Waals surface area contributed by atoms with Gasteiger partial charge in [0, 0.05) is 25.7 Å². The van der Waals surface area contributed by atoms with Crippen LogP contribution in [-0.2, 0) is 65.4 Å². The number of carbonyl (C=O) groups is 4. The first-order chi connectivity index (χ1) is 48.9. The molecule has 17 nitrogen and oxygen atoms in total. The third-order valence-electron chi connectivity index (χ3n) is 19.6. The second-order valence-corrected chi connectivity index (χ2v) is 33.1. The van der Waals surface area contributed by atoms with Crippen LogP contribution in [0.15, 0.2) is 0 Å². The molecule has 0 fully saturated rings. The summed E-state index contributed by atoms with van der Waals surface area (Å²) in [6.45, 7) is 9.65. The number of aliphatic hydroxyl groups excluding tert-OH is 1. The molecule has 0 rings (SSSR count). The van der Waals surface area contributed by atoms with E-state index >= 15 is 0 Å². The lowest BCUT2D eigenvalue weighted by atomic mass is 9.99. The highest BCUT2D eigenvalue weighted by Crippen LogP contribution is 2.45. The number of phosphoric ester groups is 2. The van der Waals surface area contributed by atoms with Gasteiger partial charge in [0.25, 0.3) is 0 Å². The van der Waals surface area contributed by atoms with Crippen LogP contribution < -0.4 is 0 Å². The predicted octanol–water partition coefficient (Wildman–Crippen LogP) is 24.7. The lowest BCUT2D eigenvalue weighted by Gasteiger charge is -2.21. The van der Waals surface area contributed by atoms with Gasteiger partial charge < -0.3 is 33.8 Å². The standard InChI is InChI=1S/C82H160O17P2/c1-7-10-12-14-16-18-20-22-23-24-25-26-27-28-29-32-37-41-48-54-60-66-81(86)98-77(70-92-80(85)65-59-53-47-40-36-33-30-31-34-38-44-50-56-62-74(4)5)72-96-100(88,89)94-68-76(83)69-95-101(90,91)97-73-78(99-82(87)67-61-55-49-43-42-45-51-57-63-75(6)9-3)71-93-79(84)64-58-52-46-39-35-21-19-17-15-13-11-8-2/h74-78,83H,7-73H2,1-6H3,(H,88,89)(H,90,91)/t75?,76-,77-,78-/m1/s1. The van der Waals surface area contributed by atoms with Crippen molar-refractivity contribution in [3.63, 3.8) is 0 Å². The van der Waals surface area contributed by atoms with Gasteiger partial charge in [-0.1, -0.05) is 382 Å². The molecule has 19 heteroatoms. The van der Waals surface area contributed by atoms with Crippen molar-refractivity contribution in [2.45, 2.75) is 452 Å². The third kappa shape index (κ3) is 74.7. The van der Waals surface area contributed by atoms with Crippen LogP contribution >= 0.6 is 15.6 Å². The van der Waals surface area contributed by atoms with Crippen LogP contribution in [0.5, 0.6) is 0 Å². The van der Waals surface area contributed by atoms with E-state index in [9.17, 15) is 43.2 Å². The van der Waals surface area contributed by atoms with E-state index in [1.165, 1.54) is 250 Å². The van der Waals surface area contributed by atoms with E-state index in [4.69, 9.17) is 37.0 Å². The van der Waals surface area contributed by atoms with Crippen LogP contribution in [0.3, 0.4) is 0 Å². The van der Waals surface area contributed by atoms with Gasteiger partial charge in [-0.3, -0.25) is 37.3 Å². The van der Waals surface area contributed by atoms with Crippen molar-refractivity contribution in [3.05, 3.63) is 0 Å². The molecule has 0 aliphatic carbocycles. The number of rotatable bonds is 81.